The first-order chi connectivity index (χ1) is 9.31. The Balaban J connectivity index is 3.42. The smallest absolute Gasteiger partial charge is 0.312 e. The lowest BCUT2D eigenvalue weighted by molar-refractivity contribution is -0.153. The van der Waals surface area contributed by atoms with Crippen molar-refractivity contribution in [1.29, 1.82) is 0 Å². The van der Waals surface area contributed by atoms with Gasteiger partial charge in [0.05, 0.1) is 32.8 Å². The van der Waals surface area contributed by atoms with E-state index in [0.29, 0.717) is 17.1 Å². The van der Waals surface area contributed by atoms with Crippen LogP contribution in [0, 0.1) is 5.41 Å². The first kappa shape index (κ1) is 16.1. The summed E-state index contributed by atoms with van der Waals surface area (Å²) in [6.45, 7) is 2.88. The fraction of sp³-hybridized carbons (Fsp3) is 0.500. The number of carboxylic acid groups (broad SMARTS) is 1. The van der Waals surface area contributed by atoms with Crippen LogP contribution in [0.5, 0.6) is 17.2 Å². The molecule has 6 nitrogen and oxygen atoms in total. The van der Waals surface area contributed by atoms with E-state index in [9.17, 15) is 15.0 Å². The molecule has 20 heavy (non-hydrogen) atoms. The predicted octanol–water partition coefficient (Wildman–Crippen LogP) is 1.86. The van der Waals surface area contributed by atoms with Gasteiger partial charge in [-0.2, -0.15) is 0 Å². The number of aliphatic hydroxyl groups is 1. The highest BCUT2D eigenvalue weighted by atomic mass is 16.5. The first-order valence-electron chi connectivity index (χ1n) is 6.01. The number of hydrogen-bond acceptors (Lipinski definition) is 5. The Morgan fingerprint density at radius 2 is 1.65 bits per heavy atom. The standard InChI is InChI=1S/C14H20O6/c1-14(2,13(16)17)12(15)8-6-7-9(18-3)11(20-5)10(8)19-4/h6-7,12,15H,1-5H3,(H,16,17). The largest absolute Gasteiger partial charge is 0.493 e. The highest BCUT2D eigenvalue weighted by Crippen LogP contribution is 2.46. The third-order valence-corrected chi connectivity index (χ3v) is 3.26. The van der Waals surface area contributed by atoms with Gasteiger partial charge in [0.25, 0.3) is 0 Å². The summed E-state index contributed by atoms with van der Waals surface area (Å²) in [5, 5.41) is 19.6. The van der Waals surface area contributed by atoms with Gasteiger partial charge >= 0.3 is 5.97 Å². The number of ether oxygens (including phenoxy) is 3. The lowest BCUT2D eigenvalue weighted by Gasteiger charge is -2.28. The summed E-state index contributed by atoms with van der Waals surface area (Å²) in [6.07, 6.45) is -1.25. The number of hydrogen-bond donors (Lipinski definition) is 2. The van der Waals surface area contributed by atoms with Gasteiger partial charge in [0.15, 0.2) is 11.5 Å². The van der Waals surface area contributed by atoms with Crippen molar-refractivity contribution >= 4 is 5.97 Å². The lowest BCUT2D eigenvalue weighted by atomic mass is 9.82. The number of rotatable bonds is 6. The lowest BCUT2D eigenvalue weighted by Crippen LogP contribution is -2.31. The van der Waals surface area contributed by atoms with Crippen molar-refractivity contribution in [3.05, 3.63) is 17.7 Å². The number of carbonyl (C=O) groups is 1. The van der Waals surface area contributed by atoms with Crippen LogP contribution in [0.1, 0.15) is 25.5 Å². The molecule has 0 aromatic heterocycles. The molecule has 6 heteroatoms. The highest BCUT2D eigenvalue weighted by Gasteiger charge is 2.39. The van der Waals surface area contributed by atoms with E-state index < -0.39 is 17.5 Å². The molecule has 0 radical (unpaired) electrons. The van der Waals surface area contributed by atoms with Gasteiger partial charge in [-0.05, 0) is 26.0 Å². The molecule has 0 aliphatic carbocycles. The SMILES string of the molecule is COc1ccc(C(O)C(C)(C)C(=O)O)c(OC)c1OC. The van der Waals surface area contributed by atoms with Crippen LogP contribution in [0.4, 0.5) is 0 Å². The van der Waals surface area contributed by atoms with Crippen molar-refractivity contribution in [2.75, 3.05) is 21.3 Å². The number of methoxy groups -OCH3 is 3. The summed E-state index contributed by atoms with van der Waals surface area (Å²) in [4.78, 5) is 11.3. The molecule has 0 fully saturated rings. The van der Waals surface area contributed by atoms with Gasteiger partial charge in [-0.25, -0.2) is 0 Å². The minimum atomic E-state index is -1.37. The topological polar surface area (TPSA) is 85.2 Å². The normalized spacial score (nSPS) is 12.7. The van der Waals surface area contributed by atoms with E-state index in [0.717, 1.165) is 0 Å². The monoisotopic (exact) mass is 284 g/mol. The van der Waals surface area contributed by atoms with Crippen molar-refractivity contribution in [1.82, 2.24) is 0 Å². The summed E-state index contributed by atoms with van der Waals surface area (Å²) < 4.78 is 15.6. The van der Waals surface area contributed by atoms with Crippen molar-refractivity contribution < 1.29 is 29.2 Å². The Hall–Kier alpha value is -1.95. The Bertz CT molecular complexity index is 495. The summed E-state index contributed by atoms with van der Waals surface area (Å²) in [7, 11) is 4.34. The average molecular weight is 284 g/mol. The van der Waals surface area contributed by atoms with E-state index in [1.165, 1.54) is 35.2 Å². The second kappa shape index (κ2) is 6.00. The average Bonchev–Trinajstić information content (AvgIpc) is 2.44. The number of aliphatic hydroxyl groups excluding tert-OH is 1. The maximum Gasteiger partial charge on any atom is 0.312 e. The molecule has 1 aromatic carbocycles. The fourth-order valence-corrected chi connectivity index (χ4v) is 1.85. The molecule has 112 valence electrons. The minimum Gasteiger partial charge on any atom is -0.493 e. The molecule has 0 bridgehead atoms. The van der Waals surface area contributed by atoms with E-state index >= 15 is 0 Å². The van der Waals surface area contributed by atoms with Gasteiger partial charge in [-0.1, -0.05) is 0 Å². The van der Waals surface area contributed by atoms with Gasteiger partial charge < -0.3 is 24.4 Å². The van der Waals surface area contributed by atoms with Crippen LogP contribution in [-0.4, -0.2) is 37.5 Å². The van der Waals surface area contributed by atoms with Crippen molar-refractivity contribution in [2.24, 2.45) is 5.41 Å². The van der Waals surface area contributed by atoms with Crippen molar-refractivity contribution in [2.45, 2.75) is 20.0 Å². The zero-order chi connectivity index (χ0) is 15.5. The van der Waals surface area contributed by atoms with Crippen LogP contribution in [0.15, 0.2) is 12.1 Å². The quantitative estimate of drug-likeness (QED) is 0.829. The molecule has 0 saturated carbocycles. The molecule has 0 amide bonds. The molecule has 1 rings (SSSR count). The second-order valence-electron chi connectivity index (χ2n) is 4.85. The molecule has 0 spiro atoms. The number of benzene rings is 1. The molecule has 2 N–H and O–H groups in total. The van der Waals surface area contributed by atoms with Gasteiger partial charge in [-0.3, -0.25) is 4.79 Å². The van der Waals surface area contributed by atoms with E-state index in [2.05, 4.69) is 0 Å². The maximum atomic E-state index is 11.3. The zero-order valence-corrected chi connectivity index (χ0v) is 12.3. The van der Waals surface area contributed by atoms with E-state index in [1.807, 2.05) is 0 Å². The molecule has 0 aliphatic heterocycles. The van der Waals surface area contributed by atoms with Crippen molar-refractivity contribution in [3.63, 3.8) is 0 Å². The fourth-order valence-electron chi connectivity index (χ4n) is 1.85. The van der Waals surface area contributed by atoms with E-state index in [4.69, 9.17) is 14.2 Å². The van der Waals surface area contributed by atoms with Gasteiger partial charge in [0.2, 0.25) is 5.75 Å². The Morgan fingerprint density at radius 1 is 1.10 bits per heavy atom. The van der Waals surface area contributed by atoms with Crippen LogP contribution in [0.3, 0.4) is 0 Å². The summed E-state index contributed by atoms with van der Waals surface area (Å²) in [6, 6.07) is 3.16. The maximum absolute atomic E-state index is 11.3. The highest BCUT2D eigenvalue weighted by molar-refractivity contribution is 5.75. The third-order valence-electron chi connectivity index (χ3n) is 3.26. The van der Waals surface area contributed by atoms with Crippen LogP contribution >= 0.6 is 0 Å². The van der Waals surface area contributed by atoms with Gasteiger partial charge in [0, 0.05) is 5.56 Å². The Kier molecular flexibility index (Phi) is 4.83. The van der Waals surface area contributed by atoms with E-state index in [1.54, 1.807) is 12.1 Å². The minimum absolute atomic E-state index is 0.258. The van der Waals surface area contributed by atoms with Crippen LogP contribution in [-0.2, 0) is 4.79 Å². The predicted molar refractivity (Wildman–Crippen MR) is 72.5 cm³/mol. The summed E-state index contributed by atoms with van der Waals surface area (Å²) in [5.41, 5.74) is -1.04. The molecular formula is C14H20O6. The molecular weight excluding hydrogens is 264 g/mol. The second-order valence-corrected chi connectivity index (χ2v) is 4.85. The third kappa shape index (κ3) is 2.65. The Morgan fingerprint density at radius 3 is 2.05 bits per heavy atom. The molecule has 1 unspecified atom stereocenters. The molecule has 0 aliphatic rings. The molecule has 0 heterocycles. The Labute approximate surface area is 117 Å². The van der Waals surface area contributed by atoms with Crippen molar-refractivity contribution in [3.8, 4) is 17.2 Å². The molecule has 1 atom stereocenters. The van der Waals surface area contributed by atoms with Crippen LogP contribution in [0.25, 0.3) is 0 Å². The summed E-state index contributed by atoms with van der Waals surface area (Å²) >= 11 is 0. The molecule has 0 saturated heterocycles. The van der Waals surface area contributed by atoms with Gasteiger partial charge in [0.1, 0.15) is 0 Å². The van der Waals surface area contributed by atoms with E-state index in [-0.39, 0.29) is 5.75 Å². The first-order valence-corrected chi connectivity index (χ1v) is 6.01. The summed E-state index contributed by atoms with van der Waals surface area (Å²) in [5.74, 6) is -0.100. The van der Waals surface area contributed by atoms with Gasteiger partial charge in [-0.15, -0.1) is 0 Å². The zero-order valence-electron chi connectivity index (χ0n) is 12.3. The number of carboxylic acids is 1. The molecule has 1 aromatic rings. The van der Waals surface area contributed by atoms with Crippen LogP contribution < -0.4 is 14.2 Å². The number of aliphatic carboxylic acids is 1. The van der Waals surface area contributed by atoms with Crippen LogP contribution in [0.2, 0.25) is 0 Å².